The van der Waals surface area contributed by atoms with Crippen LogP contribution in [0.4, 0.5) is 5.69 Å². The molecule has 0 spiro atoms. The van der Waals surface area contributed by atoms with E-state index in [1.165, 1.54) is 5.57 Å². The molecule has 1 saturated heterocycles. The fourth-order valence-corrected chi connectivity index (χ4v) is 4.78. The summed E-state index contributed by atoms with van der Waals surface area (Å²) in [5, 5.41) is 3.05. The number of benzene rings is 1. The standard InChI is InChI=1S/C24H29N3O3S/c1-20-6-3-8-23(26-20)9-4-7-21-14-16-27(17-15-21)31(28,29)19-5-18-30-24-12-10-22(25-2)11-13-24/h3,6-8,10-13,25H,5,14-19H2,1-2H3. The van der Waals surface area contributed by atoms with Gasteiger partial charge in [-0.3, -0.25) is 0 Å². The Morgan fingerprint density at radius 2 is 1.90 bits per heavy atom. The van der Waals surface area contributed by atoms with Crippen molar-refractivity contribution in [3.8, 4) is 17.6 Å². The molecule has 0 saturated carbocycles. The van der Waals surface area contributed by atoms with E-state index in [0.717, 1.165) is 22.8 Å². The number of rotatable bonds is 7. The molecule has 1 aromatic heterocycles. The van der Waals surface area contributed by atoms with Crippen molar-refractivity contribution in [1.82, 2.24) is 9.29 Å². The first-order valence-corrected chi connectivity index (χ1v) is 12.1. The molecule has 0 radical (unpaired) electrons. The van der Waals surface area contributed by atoms with E-state index in [4.69, 9.17) is 4.74 Å². The second-order valence-corrected chi connectivity index (χ2v) is 9.52. The highest BCUT2D eigenvalue weighted by Gasteiger charge is 2.24. The highest BCUT2D eigenvalue weighted by Crippen LogP contribution is 2.20. The topological polar surface area (TPSA) is 71.5 Å². The van der Waals surface area contributed by atoms with E-state index in [-0.39, 0.29) is 5.75 Å². The second kappa shape index (κ2) is 11.0. The summed E-state index contributed by atoms with van der Waals surface area (Å²) in [7, 11) is -1.41. The number of piperidine rings is 1. The molecule has 0 aliphatic carbocycles. The van der Waals surface area contributed by atoms with Gasteiger partial charge in [-0.25, -0.2) is 17.7 Å². The van der Waals surface area contributed by atoms with E-state index < -0.39 is 10.0 Å². The van der Waals surface area contributed by atoms with Crippen molar-refractivity contribution in [3.63, 3.8) is 0 Å². The number of hydrogen-bond acceptors (Lipinski definition) is 5. The zero-order valence-corrected chi connectivity index (χ0v) is 18.9. The van der Waals surface area contributed by atoms with Crippen LogP contribution in [-0.2, 0) is 10.0 Å². The molecule has 0 bridgehead atoms. The molecule has 2 aromatic rings. The molecule has 1 aliphatic rings. The molecule has 2 heterocycles. The summed E-state index contributed by atoms with van der Waals surface area (Å²) in [4.78, 5) is 4.36. The van der Waals surface area contributed by atoms with E-state index >= 15 is 0 Å². The van der Waals surface area contributed by atoms with E-state index in [9.17, 15) is 8.42 Å². The minimum atomic E-state index is -3.27. The lowest BCUT2D eigenvalue weighted by molar-refractivity contribution is 0.315. The number of hydrogen-bond donors (Lipinski definition) is 1. The number of anilines is 1. The molecule has 0 unspecified atom stereocenters. The molecule has 7 heteroatoms. The SMILES string of the molecule is CNc1ccc(OCCCS(=O)(=O)N2CCC(=CC#Cc3cccc(C)n3)CC2)cc1. The van der Waals surface area contributed by atoms with E-state index in [1.807, 2.05) is 62.5 Å². The monoisotopic (exact) mass is 439 g/mol. The number of pyridine rings is 1. The van der Waals surface area contributed by atoms with Gasteiger partial charge in [-0.2, -0.15) is 0 Å². The van der Waals surface area contributed by atoms with Crippen molar-refractivity contribution in [2.75, 3.05) is 37.8 Å². The zero-order chi connectivity index (χ0) is 22.1. The van der Waals surface area contributed by atoms with Gasteiger partial charge < -0.3 is 10.1 Å². The number of ether oxygens (including phenoxy) is 1. The van der Waals surface area contributed by atoms with Gasteiger partial charge in [0.05, 0.1) is 12.4 Å². The van der Waals surface area contributed by atoms with Crippen LogP contribution in [0.25, 0.3) is 0 Å². The maximum Gasteiger partial charge on any atom is 0.214 e. The van der Waals surface area contributed by atoms with Gasteiger partial charge in [0.15, 0.2) is 0 Å². The average Bonchev–Trinajstić information content (AvgIpc) is 2.78. The fraction of sp³-hybridized carbons (Fsp3) is 0.375. The van der Waals surface area contributed by atoms with Crippen LogP contribution in [0.5, 0.6) is 5.75 Å². The van der Waals surface area contributed by atoms with Gasteiger partial charge in [0.1, 0.15) is 11.4 Å². The van der Waals surface area contributed by atoms with Crippen molar-refractivity contribution < 1.29 is 13.2 Å². The fourth-order valence-electron chi connectivity index (χ4n) is 3.30. The molecular weight excluding hydrogens is 410 g/mol. The largest absolute Gasteiger partial charge is 0.494 e. The van der Waals surface area contributed by atoms with Crippen LogP contribution in [0, 0.1) is 18.8 Å². The third-order valence-corrected chi connectivity index (χ3v) is 7.04. The van der Waals surface area contributed by atoms with Crippen LogP contribution < -0.4 is 10.1 Å². The van der Waals surface area contributed by atoms with Gasteiger partial charge in [-0.15, -0.1) is 0 Å². The van der Waals surface area contributed by atoms with Crippen molar-refractivity contribution >= 4 is 15.7 Å². The van der Waals surface area contributed by atoms with E-state index in [0.29, 0.717) is 39.0 Å². The lowest BCUT2D eigenvalue weighted by atomic mass is 10.1. The van der Waals surface area contributed by atoms with Gasteiger partial charge in [-0.1, -0.05) is 17.6 Å². The first-order chi connectivity index (χ1) is 15.0. The van der Waals surface area contributed by atoms with Gasteiger partial charge in [0.25, 0.3) is 0 Å². The van der Waals surface area contributed by atoms with Gasteiger partial charge in [-0.05, 0) is 74.6 Å². The van der Waals surface area contributed by atoms with Gasteiger partial charge in [0.2, 0.25) is 10.0 Å². The summed E-state index contributed by atoms with van der Waals surface area (Å²) >= 11 is 0. The van der Waals surface area contributed by atoms with Crippen LogP contribution in [0.1, 0.15) is 30.7 Å². The van der Waals surface area contributed by atoms with E-state index in [2.05, 4.69) is 22.1 Å². The van der Waals surface area contributed by atoms with Crippen molar-refractivity contribution in [1.29, 1.82) is 0 Å². The number of allylic oxidation sites excluding steroid dienone is 1. The normalized spacial score (nSPS) is 14.5. The third-order valence-electron chi connectivity index (χ3n) is 5.08. The van der Waals surface area contributed by atoms with Crippen LogP contribution >= 0.6 is 0 Å². The first-order valence-electron chi connectivity index (χ1n) is 10.5. The van der Waals surface area contributed by atoms with Crippen LogP contribution in [-0.4, -0.2) is 50.2 Å². The Morgan fingerprint density at radius 1 is 1.16 bits per heavy atom. The van der Waals surface area contributed by atoms with E-state index in [1.54, 1.807) is 4.31 Å². The van der Waals surface area contributed by atoms with Crippen molar-refractivity contribution in [3.05, 3.63) is 65.5 Å². The summed E-state index contributed by atoms with van der Waals surface area (Å²) in [6, 6.07) is 13.3. The Balaban J connectivity index is 1.42. The molecule has 1 fully saturated rings. The average molecular weight is 440 g/mol. The van der Waals surface area contributed by atoms with Crippen molar-refractivity contribution in [2.45, 2.75) is 26.2 Å². The number of aromatic nitrogens is 1. The Morgan fingerprint density at radius 3 is 2.58 bits per heavy atom. The Kier molecular flexibility index (Phi) is 8.10. The van der Waals surface area contributed by atoms with Crippen LogP contribution in [0.2, 0.25) is 0 Å². The summed E-state index contributed by atoms with van der Waals surface area (Å²) in [6.07, 6.45) is 3.79. The summed E-state index contributed by atoms with van der Waals surface area (Å²) in [5.74, 6) is 6.93. The summed E-state index contributed by atoms with van der Waals surface area (Å²) < 4.78 is 32.5. The van der Waals surface area contributed by atoms with Gasteiger partial charge in [0, 0.05) is 31.5 Å². The number of aryl methyl sites for hydroxylation is 1. The smallest absolute Gasteiger partial charge is 0.214 e. The maximum atomic E-state index is 12.6. The Bertz CT molecular complexity index is 1060. The zero-order valence-electron chi connectivity index (χ0n) is 18.1. The maximum absolute atomic E-state index is 12.6. The Hall–Kier alpha value is -2.82. The molecule has 1 N–H and O–H groups in total. The molecular formula is C24H29N3O3S. The molecule has 6 nitrogen and oxygen atoms in total. The summed E-state index contributed by atoms with van der Waals surface area (Å²) in [6.45, 7) is 3.32. The van der Waals surface area contributed by atoms with Crippen LogP contribution in [0.3, 0.4) is 0 Å². The minimum absolute atomic E-state index is 0.0967. The summed E-state index contributed by atoms with van der Waals surface area (Å²) in [5.41, 5.74) is 3.87. The second-order valence-electron chi connectivity index (χ2n) is 7.43. The number of nitrogens with one attached hydrogen (secondary N) is 1. The highest BCUT2D eigenvalue weighted by molar-refractivity contribution is 7.89. The molecule has 0 amide bonds. The molecule has 3 rings (SSSR count). The number of nitrogens with zero attached hydrogens (tertiary/aromatic N) is 2. The van der Waals surface area contributed by atoms with Gasteiger partial charge >= 0.3 is 0 Å². The quantitative estimate of drug-likeness (QED) is 0.527. The first kappa shape index (κ1) is 22.9. The molecule has 164 valence electrons. The molecule has 1 aromatic carbocycles. The van der Waals surface area contributed by atoms with Crippen LogP contribution in [0.15, 0.2) is 54.1 Å². The third kappa shape index (κ3) is 7.12. The molecule has 0 atom stereocenters. The predicted molar refractivity (Wildman–Crippen MR) is 125 cm³/mol. The lowest BCUT2D eigenvalue weighted by Crippen LogP contribution is -2.38. The highest BCUT2D eigenvalue weighted by atomic mass is 32.2. The predicted octanol–water partition coefficient (Wildman–Crippen LogP) is 3.60. The molecule has 31 heavy (non-hydrogen) atoms. The lowest BCUT2D eigenvalue weighted by Gasteiger charge is -2.27. The minimum Gasteiger partial charge on any atom is -0.494 e. The number of sulfonamides is 1. The van der Waals surface area contributed by atoms with Crippen molar-refractivity contribution in [2.24, 2.45) is 0 Å². The Labute approximate surface area is 185 Å². The molecule has 1 aliphatic heterocycles.